The molecule has 0 aliphatic heterocycles. The van der Waals surface area contributed by atoms with Crippen molar-refractivity contribution in [2.45, 2.75) is 6.42 Å². The normalized spacial score (nSPS) is 11.3. The number of hydrogen-bond acceptors (Lipinski definition) is 1. The van der Waals surface area contributed by atoms with Gasteiger partial charge in [-0.25, -0.2) is 0 Å². The number of halogens is 1. The van der Waals surface area contributed by atoms with Gasteiger partial charge in [-0.05, 0) is 24.1 Å². The van der Waals surface area contributed by atoms with Crippen molar-refractivity contribution in [3.63, 3.8) is 0 Å². The molecule has 3 heteroatoms. The van der Waals surface area contributed by atoms with E-state index in [0.717, 1.165) is 27.6 Å². The molecule has 0 radical (unpaired) electrons. The van der Waals surface area contributed by atoms with Crippen molar-refractivity contribution in [3.05, 3.63) is 95.5 Å². The first-order valence-electron chi connectivity index (χ1n) is 7.63. The summed E-state index contributed by atoms with van der Waals surface area (Å²) in [5.41, 5.74) is 1.12. The number of rotatable bonds is 5. The smallest absolute Gasteiger partial charge is 0.143 e. The minimum Gasteiger partial charge on any atom is -0.314 e. The first-order valence-corrected chi connectivity index (χ1v) is 9.90. The highest BCUT2D eigenvalue weighted by atomic mass is 35.5. The zero-order valence-electron chi connectivity index (χ0n) is 12.7. The quantitative estimate of drug-likeness (QED) is 0.604. The number of aryl methyl sites for hydroxylation is 1. The third kappa shape index (κ3) is 3.75. The van der Waals surface area contributed by atoms with Crippen molar-refractivity contribution in [2.24, 2.45) is 0 Å². The molecule has 1 nitrogen and oxygen atoms in total. The third-order valence-corrected chi connectivity index (χ3v) is 7.30. The summed E-state index contributed by atoms with van der Waals surface area (Å²) in [7, 11) is -2.65. The lowest BCUT2D eigenvalue weighted by molar-refractivity contribution is 0.586. The fourth-order valence-corrected chi connectivity index (χ4v) is 5.63. The Hall–Kier alpha value is -1.82. The Morgan fingerprint density at radius 2 is 1.30 bits per heavy atom. The molecule has 0 atom stereocenters. The van der Waals surface area contributed by atoms with Crippen LogP contribution in [0.2, 0.25) is 5.02 Å². The van der Waals surface area contributed by atoms with E-state index in [1.165, 1.54) is 0 Å². The molecule has 0 saturated carbocycles. The summed E-state index contributed by atoms with van der Waals surface area (Å²) in [6.07, 6.45) is 1.34. The van der Waals surface area contributed by atoms with E-state index in [4.69, 9.17) is 11.6 Å². The Kier molecular flexibility index (Phi) is 5.00. The summed E-state index contributed by atoms with van der Waals surface area (Å²) in [5, 5.41) is 2.54. The highest BCUT2D eigenvalue weighted by Crippen LogP contribution is 2.43. The SMILES string of the molecule is O=P(CCc1cccc(Cl)c1)(c1ccccc1)c1ccccc1. The van der Waals surface area contributed by atoms with Crippen LogP contribution in [-0.2, 0) is 11.0 Å². The standard InChI is InChI=1S/C20H18ClOP/c21-18-9-7-8-17(16-18)14-15-23(22,19-10-3-1-4-11-19)20-12-5-2-6-13-20/h1-13,16H,14-15H2. The summed E-state index contributed by atoms with van der Waals surface area (Å²) in [6.45, 7) is 0. The van der Waals surface area contributed by atoms with Crippen LogP contribution in [-0.4, -0.2) is 6.16 Å². The molecule has 0 spiro atoms. The Morgan fingerprint density at radius 1 is 0.739 bits per heavy atom. The molecule has 0 aliphatic rings. The van der Waals surface area contributed by atoms with Crippen molar-refractivity contribution < 1.29 is 4.57 Å². The average Bonchev–Trinajstić information content (AvgIpc) is 2.61. The molecule has 0 aromatic heterocycles. The van der Waals surface area contributed by atoms with Gasteiger partial charge >= 0.3 is 0 Å². The molecule has 0 bridgehead atoms. The summed E-state index contributed by atoms with van der Waals surface area (Å²) >= 11 is 6.06. The summed E-state index contributed by atoms with van der Waals surface area (Å²) in [6, 6.07) is 27.3. The topological polar surface area (TPSA) is 17.1 Å². The summed E-state index contributed by atoms with van der Waals surface area (Å²) in [5.74, 6) is 0. The van der Waals surface area contributed by atoms with Gasteiger partial charge in [0.05, 0.1) is 0 Å². The first-order chi connectivity index (χ1) is 11.2. The predicted octanol–water partition coefficient (Wildman–Crippen LogP) is 4.90. The Bertz CT molecular complexity index is 772. The van der Waals surface area contributed by atoms with E-state index >= 15 is 0 Å². The van der Waals surface area contributed by atoms with Crippen LogP contribution in [0.25, 0.3) is 0 Å². The fraction of sp³-hybridized carbons (Fsp3) is 0.100. The van der Waals surface area contributed by atoms with Crippen LogP contribution >= 0.6 is 18.7 Å². The van der Waals surface area contributed by atoms with Crippen molar-refractivity contribution in [1.29, 1.82) is 0 Å². The molecule has 23 heavy (non-hydrogen) atoms. The zero-order chi connectivity index (χ0) is 16.1. The van der Waals surface area contributed by atoms with Gasteiger partial charge in [0.1, 0.15) is 7.14 Å². The predicted molar refractivity (Wildman–Crippen MR) is 99.8 cm³/mol. The zero-order valence-corrected chi connectivity index (χ0v) is 14.4. The molecule has 3 aromatic rings. The van der Waals surface area contributed by atoms with E-state index in [1.807, 2.05) is 84.9 Å². The van der Waals surface area contributed by atoms with Gasteiger partial charge in [-0.3, -0.25) is 0 Å². The van der Waals surface area contributed by atoms with E-state index in [-0.39, 0.29) is 0 Å². The van der Waals surface area contributed by atoms with E-state index in [9.17, 15) is 4.57 Å². The molecule has 3 rings (SSSR count). The van der Waals surface area contributed by atoms with E-state index in [0.29, 0.717) is 6.16 Å². The first kappa shape index (κ1) is 16.1. The molecule has 0 unspecified atom stereocenters. The second-order valence-electron chi connectivity index (χ2n) is 5.51. The van der Waals surface area contributed by atoms with Gasteiger partial charge in [0.2, 0.25) is 0 Å². The molecule has 0 heterocycles. The van der Waals surface area contributed by atoms with Gasteiger partial charge in [-0.15, -0.1) is 0 Å². The van der Waals surface area contributed by atoms with Gasteiger partial charge in [0.15, 0.2) is 0 Å². The Morgan fingerprint density at radius 3 is 1.83 bits per heavy atom. The molecule has 0 fully saturated rings. The average molecular weight is 341 g/mol. The van der Waals surface area contributed by atoms with E-state index in [2.05, 4.69) is 0 Å². The van der Waals surface area contributed by atoms with Crippen LogP contribution in [0, 0.1) is 0 Å². The largest absolute Gasteiger partial charge is 0.314 e. The minimum atomic E-state index is -2.65. The Balaban J connectivity index is 1.95. The van der Waals surface area contributed by atoms with Gasteiger partial charge in [-0.2, -0.15) is 0 Å². The van der Waals surface area contributed by atoms with E-state index < -0.39 is 7.14 Å². The maximum atomic E-state index is 13.8. The monoisotopic (exact) mass is 340 g/mol. The Labute approximate surface area is 142 Å². The van der Waals surface area contributed by atoms with Crippen LogP contribution in [0.15, 0.2) is 84.9 Å². The summed E-state index contributed by atoms with van der Waals surface area (Å²) in [4.78, 5) is 0. The van der Waals surface area contributed by atoms with Crippen molar-refractivity contribution >= 4 is 29.4 Å². The van der Waals surface area contributed by atoms with Crippen molar-refractivity contribution in [3.8, 4) is 0 Å². The maximum absolute atomic E-state index is 13.8. The second kappa shape index (κ2) is 7.17. The minimum absolute atomic E-state index is 0.599. The third-order valence-electron chi connectivity index (χ3n) is 3.95. The van der Waals surface area contributed by atoms with Crippen molar-refractivity contribution in [2.75, 3.05) is 6.16 Å². The lowest BCUT2D eigenvalue weighted by Gasteiger charge is -2.19. The molecule has 0 saturated heterocycles. The molecule has 116 valence electrons. The summed E-state index contributed by atoms with van der Waals surface area (Å²) < 4.78 is 13.8. The van der Waals surface area contributed by atoms with Gasteiger partial charge < -0.3 is 4.57 Å². The van der Waals surface area contributed by atoms with Crippen LogP contribution in [0.4, 0.5) is 0 Å². The van der Waals surface area contributed by atoms with Crippen LogP contribution < -0.4 is 10.6 Å². The van der Waals surface area contributed by atoms with Gasteiger partial charge in [0.25, 0.3) is 0 Å². The molecular formula is C20H18ClOP. The van der Waals surface area contributed by atoms with Crippen molar-refractivity contribution in [1.82, 2.24) is 0 Å². The molecule has 0 N–H and O–H groups in total. The maximum Gasteiger partial charge on any atom is 0.143 e. The second-order valence-corrected chi connectivity index (χ2v) is 8.91. The lowest BCUT2D eigenvalue weighted by Crippen LogP contribution is -2.19. The van der Waals surface area contributed by atoms with Gasteiger partial charge in [0, 0.05) is 21.8 Å². The molecule has 0 amide bonds. The van der Waals surface area contributed by atoms with Crippen LogP contribution in [0.1, 0.15) is 5.56 Å². The highest BCUT2D eigenvalue weighted by Gasteiger charge is 2.26. The lowest BCUT2D eigenvalue weighted by atomic mass is 10.2. The van der Waals surface area contributed by atoms with Gasteiger partial charge in [-0.1, -0.05) is 84.4 Å². The van der Waals surface area contributed by atoms with Crippen LogP contribution in [0.5, 0.6) is 0 Å². The molecule has 0 aliphatic carbocycles. The number of benzene rings is 3. The highest BCUT2D eigenvalue weighted by molar-refractivity contribution is 7.78. The molecular weight excluding hydrogens is 323 g/mol. The fourth-order valence-electron chi connectivity index (χ4n) is 2.72. The van der Waals surface area contributed by atoms with E-state index in [1.54, 1.807) is 0 Å². The molecule has 3 aromatic carbocycles. The van der Waals surface area contributed by atoms with Crippen LogP contribution in [0.3, 0.4) is 0 Å². The number of hydrogen-bond donors (Lipinski definition) is 0.